The Morgan fingerprint density at radius 3 is 1.15 bits per heavy atom. The molecular weight excluding hydrogens is 1610 g/mol. The van der Waals surface area contributed by atoms with Crippen LogP contribution in [-0.4, -0.2) is 227 Å². The van der Waals surface area contributed by atoms with Gasteiger partial charge in [-0.1, -0.05) is 204 Å². The molecule has 10 heterocycles. The van der Waals surface area contributed by atoms with Crippen LogP contribution in [0.3, 0.4) is 0 Å². The minimum atomic E-state index is 0.446. The Kier molecular flexibility index (Phi) is 66.5. The Morgan fingerprint density at radius 1 is 0.288 bits per heavy atom. The van der Waals surface area contributed by atoms with Crippen LogP contribution in [0.5, 0.6) is 0 Å². The third kappa shape index (κ3) is 52.7. The smallest absolute Gasteiger partial charge is 0.0725 e. The monoisotopic (exact) mass is 1860 g/mol. The normalized spacial score (nSPS) is 27.2. The zero-order chi connectivity index (χ0) is 99.9. The van der Waals surface area contributed by atoms with Gasteiger partial charge >= 0.3 is 0 Å². The first-order chi connectivity index (χ1) is 61.8. The van der Waals surface area contributed by atoms with Crippen LogP contribution in [0.4, 0.5) is 0 Å². The maximum absolute atomic E-state index is 5.68. The van der Waals surface area contributed by atoms with E-state index in [2.05, 4.69) is 328 Å². The molecule has 0 radical (unpaired) electrons. The summed E-state index contributed by atoms with van der Waals surface area (Å²) in [6.45, 7) is 116. The van der Waals surface area contributed by atoms with E-state index in [1.807, 2.05) is 0 Å². The van der Waals surface area contributed by atoms with Crippen molar-refractivity contribution < 1.29 is 4.74 Å². The molecule has 0 spiro atoms. The van der Waals surface area contributed by atoms with Crippen molar-refractivity contribution in [3.63, 3.8) is 0 Å². The van der Waals surface area contributed by atoms with E-state index < -0.39 is 0 Å². The first kappa shape index (κ1) is 128. The molecule has 0 amide bonds. The summed E-state index contributed by atoms with van der Waals surface area (Å²) in [7, 11) is 0. The Morgan fingerprint density at radius 2 is 0.712 bits per heavy atom. The zero-order valence-electron chi connectivity index (χ0n) is 98.4. The van der Waals surface area contributed by atoms with Gasteiger partial charge in [-0.25, -0.2) is 0 Å². The molecule has 11 aliphatic rings. The molecule has 10 saturated heterocycles. The molecule has 132 heavy (non-hydrogen) atoms. The van der Waals surface area contributed by atoms with Gasteiger partial charge in [0.05, 0.1) is 12.7 Å². The van der Waals surface area contributed by atoms with Crippen molar-refractivity contribution in [3.8, 4) is 0 Å². The molecule has 0 aromatic carbocycles. The van der Waals surface area contributed by atoms with Gasteiger partial charge in [-0.3, -0.25) is 14.7 Å². The largest absolute Gasteiger partial charge is 0.375 e. The number of nitrogens with zero attached hydrogens (tertiary/aromatic N) is 9. The first-order valence-corrected chi connectivity index (χ1v) is 59.2. The molecular formula is C122H251N9O. The van der Waals surface area contributed by atoms with Crippen LogP contribution in [0.15, 0.2) is 0 Å². The van der Waals surface area contributed by atoms with E-state index in [4.69, 9.17) is 4.74 Å². The summed E-state index contributed by atoms with van der Waals surface area (Å²) < 4.78 is 5.68. The van der Waals surface area contributed by atoms with Crippen molar-refractivity contribution in [2.45, 2.75) is 574 Å². The predicted octanol–water partition coefficient (Wildman–Crippen LogP) is 32.7. The Bertz CT molecular complexity index is 2610. The van der Waals surface area contributed by atoms with Gasteiger partial charge in [-0.2, -0.15) is 0 Å². The molecule has 11 rings (SSSR count). The van der Waals surface area contributed by atoms with E-state index in [0.29, 0.717) is 29.0 Å². The molecule has 8 atom stereocenters. The van der Waals surface area contributed by atoms with Crippen molar-refractivity contribution in [2.75, 3.05) is 105 Å². The minimum Gasteiger partial charge on any atom is -0.375 e. The summed E-state index contributed by atoms with van der Waals surface area (Å²) in [6.07, 6.45) is 48.0. The standard InChI is InChI=1S/C13H25N.3C13H27N.C13H26.3C12H25N.C11H23N.C10H21NO/c1-10(2)9-13-7-5-12(6-8-13)14(13)11(3)4;1-11(2)5-6-13-7-9-14(10-8-13)12(3)4;1-11(2)7-8-13-6-5-9-14(10-13)12(3)4;1-11(2)8-9-13-7-5-6-10-14(13)12(3)4;1-10(2)9-12-7-5-6-8-13(12)11(3)4;1-10(2)12(5)7-6-8-13(9-12)11(3)4;1-10(2)9-12-5-7-13(8-6-12)11(3)4;1-10(2)8-12-6-5-7-13(9-12)11(3)4;1-9(2)11-6-5-7-12(8-11)10(3)4;1-8(2)10-7-11(9(3)4)5-6-12-10/h10-12H,5-9H2,1-4H3;3*11-13H,5-10H2,1-4H3;10-13H,5-9H2,1-4H3;10-11H,6-9H2,1-5H3;2*10-12H,5-9H2,1-4H3;9-11H,5-8H2,1-4H3;8-10H,5-7H2,1-4H3. The number of fused-ring (bicyclic) bond motifs is 2. The van der Waals surface area contributed by atoms with Gasteiger partial charge in [0.25, 0.3) is 0 Å². The van der Waals surface area contributed by atoms with E-state index >= 15 is 0 Å². The quantitative estimate of drug-likeness (QED) is 0.0694. The van der Waals surface area contributed by atoms with E-state index in [1.54, 1.807) is 0 Å². The third-order valence-electron chi connectivity index (χ3n) is 34.1. The molecule has 1 aliphatic carbocycles. The predicted molar refractivity (Wildman–Crippen MR) is 594 cm³/mol. The Balaban J connectivity index is 0.000000497. The maximum Gasteiger partial charge on any atom is 0.0725 e. The van der Waals surface area contributed by atoms with Gasteiger partial charge in [-0.15, -0.1) is 0 Å². The molecule has 0 aromatic rings. The lowest BCUT2D eigenvalue weighted by molar-refractivity contribution is -0.0591. The summed E-state index contributed by atoms with van der Waals surface area (Å²) in [5, 5.41) is 0. The van der Waals surface area contributed by atoms with Crippen molar-refractivity contribution in [2.24, 2.45) is 112 Å². The SMILES string of the molecule is CC(C)C1CCCN(C(C)C)C1.CC(C)C1CN(C(C)C)CCO1.CC(C)CC12CCC(CC1)N2C(C)C.CC(C)CC1CCCCC1C(C)C.CC(C)CC1CCCN(C(C)C)C1.CC(C)CC1CCN(C(C)C)CC1.CC(C)CCC1CCCCN1C(C)C.CC(C)CCC1CCCN(C(C)C)C1.CC(C)CCC1CCN(C(C)C)CC1.CC(C)N1CCCC(C)(C(C)C)C1. The molecule has 11 fully saturated rings. The summed E-state index contributed by atoms with van der Waals surface area (Å²) >= 11 is 0. The summed E-state index contributed by atoms with van der Waals surface area (Å²) in [4.78, 5) is 23.8. The molecule has 10 aliphatic heterocycles. The third-order valence-corrected chi connectivity index (χ3v) is 34.1. The molecule has 10 heteroatoms. The second-order valence-electron chi connectivity index (χ2n) is 53.1. The van der Waals surface area contributed by atoms with Crippen LogP contribution < -0.4 is 0 Å². The second kappa shape index (κ2) is 68.8. The van der Waals surface area contributed by atoms with Crippen LogP contribution in [0.1, 0.15) is 496 Å². The lowest BCUT2D eigenvalue weighted by atomic mass is 9.71. The fourth-order valence-electron chi connectivity index (χ4n) is 25.0. The second-order valence-corrected chi connectivity index (χ2v) is 53.1. The number of rotatable bonds is 30. The lowest BCUT2D eigenvalue weighted by Crippen LogP contribution is -2.47. The van der Waals surface area contributed by atoms with Crippen molar-refractivity contribution in [1.82, 2.24) is 44.1 Å². The van der Waals surface area contributed by atoms with E-state index in [9.17, 15) is 0 Å². The van der Waals surface area contributed by atoms with Gasteiger partial charge in [0.2, 0.25) is 0 Å². The lowest BCUT2D eigenvalue weighted by Gasteiger charge is -2.45. The Labute approximate surface area is 834 Å². The van der Waals surface area contributed by atoms with Gasteiger partial charge in [0, 0.05) is 111 Å². The number of ether oxygens (including phenoxy) is 1. The number of hydrogen-bond donors (Lipinski definition) is 0. The molecule has 0 aromatic heterocycles. The fraction of sp³-hybridized carbons (Fsp3) is 1.00. The number of hydrogen-bond acceptors (Lipinski definition) is 10. The van der Waals surface area contributed by atoms with Crippen LogP contribution in [0.25, 0.3) is 0 Å². The van der Waals surface area contributed by atoms with Gasteiger partial charge in [0.1, 0.15) is 0 Å². The zero-order valence-corrected chi connectivity index (χ0v) is 98.4. The highest BCUT2D eigenvalue weighted by molar-refractivity contribution is 5.08. The van der Waals surface area contributed by atoms with Gasteiger partial charge < -0.3 is 34.1 Å². The summed E-state index contributed by atoms with van der Waals surface area (Å²) in [5.74, 6) is 16.4. The molecule has 2 bridgehead atoms. The molecule has 8 unspecified atom stereocenters. The van der Waals surface area contributed by atoms with E-state index in [-0.39, 0.29) is 0 Å². The first-order valence-electron chi connectivity index (χ1n) is 59.2. The molecule has 10 nitrogen and oxygen atoms in total. The van der Waals surface area contributed by atoms with Crippen molar-refractivity contribution >= 4 is 0 Å². The number of piperidine rings is 7. The highest BCUT2D eigenvalue weighted by atomic mass is 16.5. The van der Waals surface area contributed by atoms with Crippen LogP contribution in [-0.2, 0) is 4.74 Å². The van der Waals surface area contributed by atoms with Crippen LogP contribution >= 0.6 is 0 Å². The van der Waals surface area contributed by atoms with E-state index in [0.717, 1.165) is 181 Å². The molecule has 0 N–H and O–H groups in total. The topological polar surface area (TPSA) is 38.4 Å². The van der Waals surface area contributed by atoms with E-state index in [1.165, 1.54) is 297 Å². The highest BCUT2D eigenvalue weighted by Crippen LogP contribution is 2.51. The van der Waals surface area contributed by atoms with Crippen LogP contribution in [0, 0.1) is 112 Å². The highest BCUT2D eigenvalue weighted by Gasteiger charge is 2.52. The van der Waals surface area contributed by atoms with Gasteiger partial charge in [-0.05, 0) is 462 Å². The average Bonchev–Trinajstić information content (AvgIpc) is 1.59. The summed E-state index contributed by atoms with van der Waals surface area (Å²) in [5.41, 5.74) is 1.16. The van der Waals surface area contributed by atoms with Gasteiger partial charge in [0.15, 0.2) is 0 Å². The minimum absolute atomic E-state index is 0.446. The van der Waals surface area contributed by atoms with Crippen molar-refractivity contribution in [3.05, 3.63) is 0 Å². The Hall–Kier alpha value is -0.400. The molecule has 1 saturated carbocycles. The van der Waals surface area contributed by atoms with Crippen LogP contribution in [0.2, 0.25) is 0 Å². The number of morpholine rings is 1. The molecule has 790 valence electrons. The number of likely N-dealkylation sites (tertiary alicyclic amines) is 7. The average molecular weight is 1860 g/mol. The maximum atomic E-state index is 5.68. The van der Waals surface area contributed by atoms with Crippen molar-refractivity contribution in [1.29, 1.82) is 0 Å². The fourth-order valence-corrected chi connectivity index (χ4v) is 25.0. The summed E-state index contributed by atoms with van der Waals surface area (Å²) in [6, 6.07) is 8.42.